The number of pyridine rings is 1. The summed E-state index contributed by atoms with van der Waals surface area (Å²) in [5, 5.41) is 9.63. The molecule has 0 fully saturated rings. The molecule has 0 bridgehead atoms. The van der Waals surface area contributed by atoms with Crippen LogP contribution in [0, 0.1) is 6.92 Å². The van der Waals surface area contributed by atoms with E-state index in [1.54, 1.807) is 18.3 Å². The van der Waals surface area contributed by atoms with Crippen LogP contribution < -0.4 is 10.1 Å². The molecule has 0 spiro atoms. The van der Waals surface area contributed by atoms with Crippen LogP contribution in [-0.2, 0) is 0 Å². The Hall–Kier alpha value is -3.78. The highest BCUT2D eigenvalue weighted by Gasteiger charge is 2.27. The van der Waals surface area contributed by atoms with Crippen molar-refractivity contribution in [1.29, 1.82) is 0 Å². The maximum Gasteiger partial charge on any atom is 0.487 e. The summed E-state index contributed by atoms with van der Waals surface area (Å²) in [5.41, 5.74) is 1.04. The second kappa shape index (κ2) is 8.76. The Morgan fingerprint density at radius 3 is 2.50 bits per heavy atom. The number of rotatable bonds is 6. The number of H-pyrrole nitrogens is 1. The number of hydrogen-bond acceptors (Lipinski definition) is 4. The van der Waals surface area contributed by atoms with Crippen molar-refractivity contribution in [3.8, 4) is 28.3 Å². The Balaban J connectivity index is 1.62. The predicted octanol–water partition coefficient (Wildman–Crippen LogP) is 5.87. The summed E-state index contributed by atoms with van der Waals surface area (Å²) in [5.74, 6) is -0.542. The minimum atomic E-state index is -3.81. The van der Waals surface area contributed by atoms with E-state index in [0.29, 0.717) is 22.6 Å². The first kappa shape index (κ1) is 21.5. The summed E-state index contributed by atoms with van der Waals surface area (Å²) in [6, 6.07) is 16.8. The molecule has 2 aromatic carbocycles. The van der Waals surface area contributed by atoms with E-state index >= 15 is 0 Å². The first-order valence-electron chi connectivity index (χ1n) is 9.53. The largest absolute Gasteiger partial charge is 0.487 e. The highest BCUT2D eigenvalue weighted by Crippen LogP contribution is 2.32. The molecule has 0 aliphatic carbocycles. The van der Waals surface area contributed by atoms with Gasteiger partial charge in [0.2, 0.25) is 0 Å². The Morgan fingerprint density at radius 1 is 1.09 bits per heavy atom. The molecular formula is C23H17ClF2N4O2. The van der Waals surface area contributed by atoms with Crippen LogP contribution in [0.5, 0.6) is 5.75 Å². The summed E-state index contributed by atoms with van der Waals surface area (Å²) < 4.78 is 29.7. The van der Waals surface area contributed by atoms with Gasteiger partial charge < -0.3 is 10.1 Å². The molecule has 6 nitrogen and oxygen atoms in total. The van der Waals surface area contributed by atoms with Gasteiger partial charge in [-0.15, -0.1) is 8.78 Å². The van der Waals surface area contributed by atoms with Gasteiger partial charge >= 0.3 is 5.57 Å². The number of anilines is 1. The predicted molar refractivity (Wildman–Crippen MR) is 118 cm³/mol. The zero-order valence-corrected chi connectivity index (χ0v) is 17.5. The number of alkyl halides is 3. The molecule has 2 aromatic heterocycles. The zero-order valence-electron chi connectivity index (χ0n) is 16.8. The van der Waals surface area contributed by atoms with Crippen LogP contribution in [0.25, 0.3) is 22.5 Å². The molecule has 0 saturated carbocycles. The molecular weight excluding hydrogens is 438 g/mol. The number of nitrogens with one attached hydrogen (secondary N) is 2. The molecule has 0 saturated heterocycles. The molecule has 4 aromatic rings. The van der Waals surface area contributed by atoms with Crippen LogP contribution in [0.2, 0.25) is 0 Å². The third-order valence-electron chi connectivity index (χ3n) is 4.69. The highest BCUT2D eigenvalue weighted by molar-refractivity contribution is 6.20. The van der Waals surface area contributed by atoms with Crippen molar-refractivity contribution in [3.63, 3.8) is 0 Å². The highest BCUT2D eigenvalue weighted by atomic mass is 35.5. The number of aromatic amines is 1. The van der Waals surface area contributed by atoms with E-state index in [4.69, 9.17) is 11.6 Å². The number of carbonyl (C=O) groups excluding carboxylic acids is 1. The summed E-state index contributed by atoms with van der Waals surface area (Å²) in [6.45, 7) is 1.99. The molecule has 2 heterocycles. The second-order valence-electron chi connectivity index (χ2n) is 6.93. The van der Waals surface area contributed by atoms with Gasteiger partial charge in [0.25, 0.3) is 5.91 Å². The summed E-state index contributed by atoms with van der Waals surface area (Å²) in [6.07, 6.45) is 3.11. The third-order valence-corrected chi connectivity index (χ3v) is 4.76. The van der Waals surface area contributed by atoms with Crippen molar-refractivity contribution in [1.82, 2.24) is 15.2 Å². The van der Waals surface area contributed by atoms with Gasteiger partial charge in [0, 0.05) is 40.8 Å². The van der Waals surface area contributed by atoms with E-state index in [9.17, 15) is 13.6 Å². The normalized spacial score (nSPS) is 11.2. The smallest absolute Gasteiger partial charge is 0.420 e. The van der Waals surface area contributed by atoms with Gasteiger partial charge in [-0.1, -0.05) is 24.3 Å². The fraction of sp³-hybridized carbons (Fsp3) is 0.0870. The first-order chi connectivity index (χ1) is 15.3. The van der Waals surface area contributed by atoms with Gasteiger partial charge in [-0.25, -0.2) is 0 Å². The van der Waals surface area contributed by atoms with E-state index in [2.05, 4.69) is 25.2 Å². The number of aromatic nitrogens is 3. The van der Waals surface area contributed by atoms with E-state index in [0.717, 1.165) is 16.7 Å². The first-order valence-corrected chi connectivity index (χ1v) is 9.91. The number of hydrogen-bond donors (Lipinski definition) is 2. The van der Waals surface area contributed by atoms with Gasteiger partial charge in [-0.2, -0.15) is 5.10 Å². The molecule has 162 valence electrons. The molecule has 4 rings (SSSR count). The molecule has 2 N–H and O–H groups in total. The van der Waals surface area contributed by atoms with Crippen molar-refractivity contribution in [2.45, 2.75) is 12.5 Å². The van der Waals surface area contributed by atoms with Gasteiger partial charge in [0.1, 0.15) is 5.75 Å². The minimum Gasteiger partial charge on any atom is -0.420 e. The fourth-order valence-electron chi connectivity index (χ4n) is 3.20. The van der Waals surface area contributed by atoms with Crippen molar-refractivity contribution >= 4 is 23.2 Å². The fourth-order valence-corrected chi connectivity index (χ4v) is 3.29. The van der Waals surface area contributed by atoms with Crippen molar-refractivity contribution in [2.75, 3.05) is 5.32 Å². The molecule has 0 aliphatic rings. The third kappa shape index (κ3) is 4.92. The zero-order chi connectivity index (χ0) is 22.7. The molecule has 32 heavy (non-hydrogen) atoms. The summed E-state index contributed by atoms with van der Waals surface area (Å²) in [4.78, 5) is 17.4. The lowest BCUT2D eigenvalue weighted by atomic mass is 9.98. The van der Waals surface area contributed by atoms with Crippen LogP contribution in [0.3, 0.4) is 0 Å². The quantitative estimate of drug-likeness (QED) is 0.357. The van der Waals surface area contributed by atoms with Crippen molar-refractivity contribution in [3.05, 3.63) is 84.2 Å². The van der Waals surface area contributed by atoms with Gasteiger partial charge in [0.15, 0.2) is 0 Å². The Labute approximate surface area is 187 Å². The summed E-state index contributed by atoms with van der Waals surface area (Å²) >= 11 is 4.76. The van der Waals surface area contributed by atoms with Crippen LogP contribution in [0.15, 0.2) is 73.1 Å². The van der Waals surface area contributed by atoms with Crippen molar-refractivity contribution in [2.24, 2.45) is 0 Å². The number of ether oxygens (including phenoxy) is 1. The molecule has 0 unspecified atom stereocenters. The monoisotopic (exact) mass is 454 g/mol. The lowest BCUT2D eigenvalue weighted by Gasteiger charge is -2.13. The van der Waals surface area contributed by atoms with E-state index in [-0.39, 0.29) is 5.75 Å². The Bertz CT molecular complexity index is 1240. The Kier molecular flexibility index (Phi) is 5.87. The lowest BCUT2D eigenvalue weighted by molar-refractivity contribution is -0.0964. The molecule has 0 atom stereocenters. The number of halogens is 3. The number of carbonyl (C=O) groups is 1. The van der Waals surface area contributed by atoms with Crippen molar-refractivity contribution < 1.29 is 18.3 Å². The van der Waals surface area contributed by atoms with E-state index < -0.39 is 11.5 Å². The van der Waals surface area contributed by atoms with Crippen LogP contribution in [0.1, 0.15) is 15.9 Å². The number of amides is 1. The maximum atomic E-state index is 12.8. The topological polar surface area (TPSA) is 79.9 Å². The number of aryl methyl sites for hydroxylation is 1. The van der Waals surface area contributed by atoms with E-state index in [1.165, 1.54) is 30.5 Å². The van der Waals surface area contributed by atoms with Crippen LogP contribution in [0.4, 0.5) is 14.5 Å². The number of nitrogens with zero attached hydrogens (tertiary/aromatic N) is 2. The molecule has 0 aliphatic heterocycles. The molecule has 9 heteroatoms. The average Bonchev–Trinajstić information content (AvgIpc) is 3.29. The van der Waals surface area contributed by atoms with Crippen LogP contribution in [-0.4, -0.2) is 26.7 Å². The standard InChI is InChI=1S/C23H17ClF2N4O2/c1-14-4-2-3-5-18(14)21-19(20-10-11-28-30-20)12-15(13-27-21)22(31)29-16-6-8-17(9-7-16)32-23(24,25)26/h2-13H,1H3,(H,28,30)(H,29,31). The van der Waals surface area contributed by atoms with Gasteiger partial charge in [-0.05, 0) is 48.9 Å². The lowest BCUT2D eigenvalue weighted by Crippen LogP contribution is -2.16. The molecule has 1 amide bonds. The number of benzene rings is 2. The minimum absolute atomic E-state index is 0.131. The summed E-state index contributed by atoms with van der Waals surface area (Å²) in [7, 11) is 0. The Morgan fingerprint density at radius 2 is 1.84 bits per heavy atom. The SMILES string of the molecule is Cc1ccccc1-c1ncc(C(=O)Nc2ccc(OC(F)(F)Cl)cc2)cc1-c1ccn[nH]1. The maximum absolute atomic E-state index is 12.8. The van der Waals surface area contributed by atoms with Gasteiger partial charge in [-0.3, -0.25) is 14.9 Å². The average molecular weight is 455 g/mol. The van der Waals surface area contributed by atoms with Gasteiger partial charge in [0.05, 0.1) is 17.0 Å². The van der Waals surface area contributed by atoms with E-state index in [1.807, 2.05) is 31.2 Å². The van der Waals surface area contributed by atoms with Crippen LogP contribution >= 0.6 is 11.6 Å². The molecule has 0 radical (unpaired) electrons. The second-order valence-corrected chi connectivity index (χ2v) is 7.37.